The van der Waals surface area contributed by atoms with E-state index in [2.05, 4.69) is 18.3 Å². The van der Waals surface area contributed by atoms with Crippen molar-refractivity contribution < 1.29 is 19.7 Å². The van der Waals surface area contributed by atoms with Crippen molar-refractivity contribution in [1.29, 1.82) is 0 Å². The Labute approximate surface area is 195 Å². The second-order valence-corrected chi connectivity index (χ2v) is 9.06. The number of rotatable bonds is 9. The minimum absolute atomic E-state index is 0.212. The Hall–Kier alpha value is -2.89. The molecule has 0 radical (unpaired) electrons. The third-order valence-corrected chi connectivity index (χ3v) is 6.86. The van der Waals surface area contributed by atoms with Gasteiger partial charge in [-0.2, -0.15) is 0 Å². The number of carboxylic acids is 1. The van der Waals surface area contributed by atoms with Crippen LogP contribution in [0, 0.1) is 5.92 Å². The molecule has 174 valence electrons. The maximum absolute atomic E-state index is 11.6. The van der Waals surface area contributed by atoms with Crippen LogP contribution >= 0.6 is 0 Å². The Bertz CT molecular complexity index is 1040. The summed E-state index contributed by atoms with van der Waals surface area (Å²) in [6, 6.07) is 15.0. The second-order valence-electron chi connectivity index (χ2n) is 9.06. The van der Waals surface area contributed by atoms with E-state index in [1.54, 1.807) is 12.1 Å². The number of nitrogens with one attached hydrogen (secondary N) is 1. The third kappa shape index (κ3) is 5.05. The zero-order valence-electron chi connectivity index (χ0n) is 19.2. The van der Waals surface area contributed by atoms with Gasteiger partial charge in [-0.3, -0.25) is 0 Å². The first kappa shape index (κ1) is 23.3. The van der Waals surface area contributed by atoms with Gasteiger partial charge >= 0.3 is 5.97 Å². The summed E-state index contributed by atoms with van der Waals surface area (Å²) >= 11 is 0. The van der Waals surface area contributed by atoms with E-state index in [9.17, 15) is 15.0 Å². The number of aromatic carboxylic acids is 1. The number of aliphatic hydroxyl groups is 1. The zero-order chi connectivity index (χ0) is 23.3. The number of benzene rings is 2. The maximum Gasteiger partial charge on any atom is 0.336 e. The molecule has 1 aliphatic heterocycles. The van der Waals surface area contributed by atoms with Gasteiger partial charge in [-0.15, -0.1) is 0 Å². The van der Waals surface area contributed by atoms with E-state index in [1.807, 2.05) is 42.6 Å². The maximum atomic E-state index is 11.6. The molecule has 2 aliphatic rings. The number of carboxylic acid groups (broad SMARTS) is 1. The summed E-state index contributed by atoms with van der Waals surface area (Å²) in [7, 11) is 0. The van der Waals surface area contributed by atoms with Gasteiger partial charge in [0.25, 0.3) is 0 Å². The molecule has 33 heavy (non-hydrogen) atoms. The average molecular weight is 448 g/mol. The number of hydrogen-bond acceptors (Lipinski definition) is 4. The highest BCUT2D eigenvalue weighted by molar-refractivity contribution is 5.95. The van der Waals surface area contributed by atoms with Gasteiger partial charge in [0.2, 0.25) is 0 Å². The monoisotopic (exact) mass is 447 g/mol. The van der Waals surface area contributed by atoms with Gasteiger partial charge in [-0.1, -0.05) is 62.2 Å². The summed E-state index contributed by atoms with van der Waals surface area (Å²) in [6.45, 7) is 2.87. The van der Waals surface area contributed by atoms with Crippen LogP contribution < -0.4 is 5.32 Å². The highest BCUT2D eigenvalue weighted by Gasteiger charge is 2.39. The molecule has 2 aromatic carbocycles. The Morgan fingerprint density at radius 3 is 2.70 bits per heavy atom. The lowest BCUT2D eigenvalue weighted by Gasteiger charge is -2.41. The molecule has 0 aromatic heterocycles. The second kappa shape index (κ2) is 10.4. The van der Waals surface area contributed by atoms with E-state index in [0.29, 0.717) is 17.7 Å². The molecule has 0 bridgehead atoms. The van der Waals surface area contributed by atoms with Crippen molar-refractivity contribution in [1.82, 2.24) is 5.32 Å². The normalized spacial score (nSPS) is 22.1. The molecule has 0 saturated heterocycles. The van der Waals surface area contributed by atoms with Crippen LogP contribution in [0.4, 0.5) is 0 Å². The van der Waals surface area contributed by atoms with Gasteiger partial charge < -0.3 is 20.3 Å². The number of allylic oxidation sites excluding steroid dienone is 1. The van der Waals surface area contributed by atoms with Crippen molar-refractivity contribution >= 4 is 5.97 Å². The number of unbranched alkanes of at least 4 members (excludes halogenated alkanes) is 1. The predicted octanol–water partition coefficient (Wildman–Crippen LogP) is 5.66. The molecular weight excluding hydrogens is 414 g/mol. The molecule has 0 fully saturated rings. The van der Waals surface area contributed by atoms with Gasteiger partial charge in [0.05, 0.1) is 12.2 Å². The minimum atomic E-state index is -0.925. The lowest BCUT2D eigenvalue weighted by molar-refractivity contribution is -0.00953. The summed E-state index contributed by atoms with van der Waals surface area (Å²) < 4.78 is 6.67. The fourth-order valence-corrected chi connectivity index (χ4v) is 4.93. The first-order chi connectivity index (χ1) is 16.1. The lowest BCUT2D eigenvalue weighted by atomic mass is 9.75. The number of hydrogen-bond donors (Lipinski definition) is 3. The first-order valence-corrected chi connectivity index (χ1v) is 11.9. The van der Waals surface area contributed by atoms with Crippen LogP contribution in [-0.2, 0) is 11.3 Å². The molecule has 1 aliphatic carbocycles. The van der Waals surface area contributed by atoms with Crippen molar-refractivity contribution in [2.75, 3.05) is 6.61 Å². The molecule has 2 unspecified atom stereocenters. The summed E-state index contributed by atoms with van der Waals surface area (Å²) in [6.07, 6.45) is 10.0. The van der Waals surface area contributed by atoms with Gasteiger partial charge in [0.1, 0.15) is 5.60 Å². The number of aliphatic hydroxyl groups excluding tert-OH is 1. The summed E-state index contributed by atoms with van der Waals surface area (Å²) in [5.41, 5.74) is 5.03. The lowest BCUT2D eigenvalue weighted by Crippen LogP contribution is -2.41. The van der Waals surface area contributed by atoms with E-state index in [4.69, 9.17) is 4.74 Å². The Morgan fingerprint density at radius 1 is 1.18 bits per heavy atom. The fraction of sp³-hybridized carbons (Fsp3) is 0.393. The van der Waals surface area contributed by atoms with Gasteiger partial charge in [-0.25, -0.2) is 4.79 Å². The average Bonchev–Trinajstić information content (AvgIpc) is 2.86. The van der Waals surface area contributed by atoms with E-state index >= 15 is 0 Å². The van der Waals surface area contributed by atoms with Gasteiger partial charge in [-0.05, 0) is 72.2 Å². The van der Waals surface area contributed by atoms with Crippen molar-refractivity contribution in [2.24, 2.45) is 5.92 Å². The standard InChI is InChI=1S/C28H33NO4/c1-2-3-14-28(15-16-29-26-13-10-21(18-30)17-25(26)28)33-19-20-8-11-22(12-9-20)23-6-4-5-7-24(23)27(31)32/h4-9,11-12,15-16,21,29-30H,2-3,10,13-14,17-19H2,1H3,(H,31,32). The van der Waals surface area contributed by atoms with E-state index in [-0.39, 0.29) is 12.5 Å². The SMILES string of the molecule is CCCCC1(OCc2ccc(-c3ccccc3C(=O)O)cc2)C=CNC2=C1CC(CO)CC2. The van der Waals surface area contributed by atoms with E-state index in [0.717, 1.165) is 49.7 Å². The topological polar surface area (TPSA) is 78.8 Å². The molecular formula is C28H33NO4. The minimum Gasteiger partial charge on any atom is -0.478 e. The van der Waals surface area contributed by atoms with Crippen LogP contribution in [0.25, 0.3) is 11.1 Å². The van der Waals surface area contributed by atoms with Crippen LogP contribution in [-0.4, -0.2) is 28.4 Å². The van der Waals surface area contributed by atoms with Crippen LogP contribution in [0.15, 0.2) is 72.1 Å². The van der Waals surface area contributed by atoms with Gasteiger partial charge in [0, 0.05) is 12.3 Å². The number of dihydropyridines is 1. The summed E-state index contributed by atoms with van der Waals surface area (Å²) in [5.74, 6) is -0.637. The van der Waals surface area contributed by atoms with Crippen molar-refractivity contribution in [3.63, 3.8) is 0 Å². The highest BCUT2D eigenvalue weighted by atomic mass is 16.5. The van der Waals surface area contributed by atoms with Crippen LogP contribution in [0.3, 0.4) is 0 Å². The van der Waals surface area contributed by atoms with Crippen LogP contribution in [0.1, 0.15) is 61.4 Å². The third-order valence-electron chi connectivity index (χ3n) is 6.86. The Balaban J connectivity index is 1.55. The molecule has 0 spiro atoms. The first-order valence-electron chi connectivity index (χ1n) is 11.9. The highest BCUT2D eigenvalue weighted by Crippen LogP contribution is 2.42. The van der Waals surface area contributed by atoms with Crippen molar-refractivity contribution in [3.8, 4) is 11.1 Å². The molecule has 1 heterocycles. The molecule has 0 saturated carbocycles. The molecule has 4 rings (SSSR count). The van der Waals surface area contributed by atoms with Crippen molar-refractivity contribution in [2.45, 2.75) is 57.7 Å². The quantitative estimate of drug-likeness (QED) is 0.462. The molecule has 3 N–H and O–H groups in total. The van der Waals surface area contributed by atoms with E-state index < -0.39 is 11.6 Å². The summed E-state index contributed by atoms with van der Waals surface area (Å²) in [4.78, 5) is 11.6. The Morgan fingerprint density at radius 2 is 1.97 bits per heavy atom. The largest absolute Gasteiger partial charge is 0.478 e. The molecule has 5 heteroatoms. The molecule has 5 nitrogen and oxygen atoms in total. The Kier molecular flexibility index (Phi) is 7.31. The zero-order valence-corrected chi connectivity index (χ0v) is 19.2. The molecule has 2 atom stereocenters. The van der Waals surface area contributed by atoms with Crippen LogP contribution in [0.2, 0.25) is 0 Å². The number of carbonyl (C=O) groups is 1. The summed E-state index contributed by atoms with van der Waals surface area (Å²) in [5, 5.41) is 22.7. The van der Waals surface area contributed by atoms with Gasteiger partial charge in [0.15, 0.2) is 0 Å². The van der Waals surface area contributed by atoms with Crippen molar-refractivity contribution in [3.05, 3.63) is 83.2 Å². The fourth-order valence-electron chi connectivity index (χ4n) is 4.93. The molecule has 0 amide bonds. The van der Waals surface area contributed by atoms with E-state index in [1.165, 1.54) is 11.3 Å². The van der Waals surface area contributed by atoms with Crippen LogP contribution in [0.5, 0.6) is 0 Å². The predicted molar refractivity (Wildman–Crippen MR) is 130 cm³/mol. The molecule has 2 aromatic rings. The smallest absolute Gasteiger partial charge is 0.336 e. The number of ether oxygens (including phenoxy) is 1.